The number of aryl methyl sites for hydroxylation is 2. The Bertz CT molecular complexity index is 2160. The third-order valence-electron chi connectivity index (χ3n) is 8.14. The summed E-state index contributed by atoms with van der Waals surface area (Å²) in [5.41, 5.74) is 7.64. The van der Waals surface area contributed by atoms with Gasteiger partial charge in [0.05, 0.1) is 0 Å². The first-order valence-electron chi connectivity index (χ1n) is 15.6. The molecule has 0 saturated heterocycles. The van der Waals surface area contributed by atoms with Gasteiger partial charge < -0.3 is 4.98 Å². The van der Waals surface area contributed by atoms with Gasteiger partial charge in [0.2, 0.25) is 0 Å². The first kappa shape index (κ1) is 31.8. The van der Waals surface area contributed by atoms with Gasteiger partial charge in [-0.1, -0.05) is 55.1 Å². The molecule has 7 aromatic rings. The van der Waals surface area contributed by atoms with Crippen molar-refractivity contribution >= 4 is 59.9 Å². The summed E-state index contributed by atoms with van der Waals surface area (Å²) < 4.78 is 12.4. The molecule has 229 valence electrons. The quantitative estimate of drug-likeness (QED) is 0.130. The average molecular weight is 845 g/mol. The van der Waals surface area contributed by atoms with E-state index in [9.17, 15) is 0 Å². The fourth-order valence-corrected chi connectivity index (χ4v) is 10.8. The number of thiophene rings is 1. The molecule has 0 aliphatic rings. The molecule has 1 radical (unpaired) electrons. The number of nitrogens with zero attached hydrogens (tertiary/aromatic N) is 2. The first-order valence-corrected chi connectivity index (χ1v) is 23.2. The van der Waals surface area contributed by atoms with E-state index in [1.165, 1.54) is 46.5 Å². The Hall–Kier alpha value is -3.15. The Morgan fingerprint density at radius 3 is 2.22 bits per heavy atom. The second-order valence-corrected chi connectivity index (χ2v) is 24.3. The molecule has 4 aromatic carbocycles. The Morgan fingerprint density at radius 2 is 1.53 bits per heavy atom. The van der Waals surface area contributed by atoms with E-state index in [-0.39, 0.29) is 20.1 Å². The Labute approximate surface area is 289 Å². The van der Waals surface area contributed by atoms with E-state index >= 15 is 0 Å². The van der Waals surface area contributed by atoms with Crippen molar-refractivity contribution in [2.75, 3.05) is 0 Å². The monoisotopic (exact) mass is 846 g/mol. The molecule has 3 heterocycles. The molecule has 0 spiro atoms. The van der Waals surface area contributed by atoms with Crippen molar-refractivity contribution in [1.29, 1.82) is 0 Å². The topological polar surface area (TPSA) is 25.8 Å². The van der Waals surface area contributed by atoms with Gasteiger partial charge in [-0.25, -0.2) is 0 Å². The zero-order valence-electron chi connectivity index (χ0n) is 27.9. The number of pyridine rings is 2. The molecule has 0 aliphatic carbocycles. The van der Waals surface area contributed by atoms with Crippen LogP contribution in [-0.2, 0) is 20.1 Å². The Kier molecular flexibility index (Phi) is 9.68. The van der Waals surface area contributed by atoms with Crippen molar-refractivity contribution in [2.24, 2.45) is 0 Å². The summed E-state index contributed by atoms with van der Waals surface area (Å²) >= 11 is 0.0347. The van der Waals surface area contributed by atoms with Crippen LogP contribution in [-0.4, -0.2) is 23.2 Å². The molecule has 0 fully saturated rings. The molecule has 0 atom stereocenters. The maximum absolute atomic E-state index is 8.36. The van der Waals surface area contributed by atoms with Crippen LogP contribution in [0.15, 0.2) is 97.3 Å². The third kappa shape index (κ3) is 6.85. The van der Waals surface area contributed by atoms with Gasteiger partial charge in [-0.05, 0) is 57.1 Å². The SMILES string of the molecule is Cc1cc(-c2[c-]cccc2)nc[c]1[Ge]([CH3])([CH3])[CH3].[2H]C(C)(C)c1ccnc(-c2[c-]ccc3c2sc2cc(C)c4ccccc4c23)c1.[Ir]. The Morgan fingerprint density at radius 1 is 0.778 bits per heavy atom. The molecule has 2 nitrogen and oxygen atoms in total. The number of fused-ring (bicyclic) bond motifs is 5. The summed E-state index contributed by atoms with van der Waals surface area (Å²) in [4.78, 5) is 9.21. The van der Waals surface area contributed by atoms with E-state index < -0.39 is 19.2 Å². The number of rotatable bonds is 4. The number of hydrogen-bond acceptors (Lipinski definition) is 3. The molecule has 0 bridgehead atoms. The predicted octanol–water partition coefficient (Wildman–Crippen LogP) is 10.9. The summed E-state index contributed by atoms with van der Waals surface area (Å²) in [6.07, 6.45) is 3.88. The molecule has 7 rings (SSSR count). The van der Waals surface area contributed by atoms with Gasteiger partial charge in [0.1, 0.15) is 0 Å². The van der Waals surface area contributed by atoms with E-state index in [2.05, 4.69) is 108 Å². The molecule has 45 heavy (non-hydrogen) atoms. The van der Waals surface area contributed by atoms with Crippen LogP contribution in [0.2, 0.25) is 17.3 Å². The average Bonchev–Trinajstić information content (AvgIpc) is 3.39. The summed E-state index contributed by atoms with van der Waals surface area (Å²) in [6, 6.07) is 35.9. The predicted molar refractivity (Wildman–Crippen MR) is 194 cm³/mol. The zero-order chi connectivity index (χ0) is 31.9. The van der Waals surface area contributed by atoms with E-state index in [0.717, 1.165) is 28.1 Å². The van der Waals surface area contributed by atoms with Crippen LogP contribution in [0, 0.1) is 26.0 Å². The number of hydrogen-bond donors (Lipinski definition) is 0. The minimum atomic E-state index is -1.77. The van der Waals surface area contributed by atoms with Crippen molar-refractivity contribution in [3.05, 3.63) is 126 Å². The first-order chi connectivity index (χ1) is 21.4. The standard InChI is InChI=1S/C25H20NS.C15H18GeN.Ir/c1-15(2)17-11-12-26-22(14-17)20-9-6-10-21-24-19-8-5-4-7-18(19)16(3)13-23(24)27-25(20)21;1-12-10-15(13-8-6-5-7-9-13)17-11-14(12)16(2,3)4;/h4-8,10-15H,1-3H3;5-8,10-11H,1-4H3;/q2*-1;/i15D;;. The number of aromatic nitrogens is 2. The van der Waals surface area contributed by atoms with Crippen molar-refractivity contribution in [3.8, 4) is 22.5 Å². The zero-order valence-corrected chi connectivity index (χ0v) is 32.2. The van der Waals surface area contributed by atoms with Gasteiger partial charge >= 0.3 is 106 Å². The number of benzene rings is 4. The van der Waals surface area contributed by atoms with E-state index in [1.807, 2.05) is 61.6 Å². The third-order valence-corrected chi connectivity index (χ3v) is 13.8. The maximum Gasteiger partial charge on any atom is 0.0346 e. The van der Waals surface area contributed by atoms with Crippen LogP contribution in [0.1, 0.15) is 37.8 Å². The minimum Gasteiger partial charge on any atom is -0.305 e. The van der Waals surface area contributed by atoms with Gasteiger partial charge in [-0.2, -0.15) is 11.3 Å². The second-order valence-electron chi connectivity index (χ2n) is 12.7. The molecular weight excluding hydrogens is 805 g/mol. The van der Waals surface area contributed by atoms with Crippen molar-refractivity contribution < 1.29 is 21.5 Å². The second kappa shape index (κ2) is 13.7. The smallest absolute Gasteiger partial charge is 0.0346 e. The summed E-state index contributed by atoms with van der Waals surface area (Å²) in [5.74, 6) is 6.55. The van der Waals surface area contributed by atoms with Gasteiger partial charge in [0, 0.05) is 32.4 Å². The molecule has 3 aromatic heterocycles. The van der Waals surface area contributed by atoms with Crippen molar-refractivity contribution in [3.63, 3.8) is 0 Å². The van der Waals surface area contributed by atoms with Gasteiger partial charge in [-0.3, -0.25) is 0 Å². The summed E-state index contributed by atoms with van der Waals surface area (Å²) in [6.45, 7) is 8.19. The maximum atomic E-state index is 8.36. The fourth-order valence-electron chi connectivity index (χ4n) is 5.89. The van der Waals surface area contributed by atoms with E-state index in [4.69, 9.17) is 1.37 Å². The molecular formula is C40H38GeIrN2S-2. The molecule has 0 amide bonds. The van der Waals surface area contributed by atoms with Crippen LogP contribution in [0.5, 0.6) is 0 Å². The van der Waals surface area contributed by atoms with Crippen LogP contribution in [0.4, 0.5) is 0 Å². The van der Waals surface area contributed by atoms with Gasteiger partial charge in [0.25, 0.3) is 0 Å². The largest absolute Gasteiger partial charge is 0.305 e. The van der Waals surface area contributed by atoms with Crippen LogP contribution in [0.25, 0.3) is 53.5 Å². The van der Waals surface area contributed by atoms with Gasteiger partial charge in [-0.15, -0.1) is 23.8 Å². The summed E-state index contributed by atoms with van der Waals surface area (Å²) in [7, 11) is 0. The van der Waals surface area contributed by atoms with Crippen molar-refractivity contribution in [2.45, 2.75) is 50.9 Å². The normalized spacial score (nSPS) is 12.0. The van der Waals surface area contributed by atoms with Crippen LogP contribution >= 0.6 is 11.3 Å². The van der Waals surface area contributed by atoms with E-state index in [1.54, 1.807) is 6.20 Å². The van der Waals surface area contributed by atoms with Gasteiger partial charge in [0.15, 0.2) is 0 Å². The molecule has 0 aliphatic heterocycles. The minimum absolute atomic E-state index is 0. The molecule has 0 saturated carbocycles. The van der Waals surface area contributed by atoms with E-state index in [0.29, 0.717) is 0 Å². The molecule has 0 unspecified atom stereocenters. The van der Waals surface area contributed by atoms with Crippen LogP contribution in [0.3, 0.4) is 0 Å². The Balaban J connectivity index is 0.000000200. The van der Waals surface area contributed by atoms with Crippen molar-refractivity contribution in [1.82, 2.24) is 9.97 Å². The summed E-state index contributed by atoms with van der Waals surface area (Å²) in [5, 5.41) is 5.17. The fraction of sp³-hybridized carbons (Fsp3) is 0.200. The van der Waals surface area contributed by atoms with Crippen LogP contribution < -0.4 is 4.40 Å². The molecule has 0 N–H and O–H groups in total. The molecule has 5 heteroatoms.